The molecule has 0 radical (unpaired) electrons. The molecule has 8 heteroatoms. The van der Waals surface area contributed by atoms with Crippen molar-refractivity contribution in [3.8, 4) is 5.75 Å². The zero-order chi connectivity index (χ0) is 19.0. The summed E-state index contributed by atoms with van der Waals surface area (Å²) >= 11 is 1.52. The van der Waals surface area contributed by atoms with Crippen LogP contribution in [0.15, 0.2) is 29.3 Å². The maximum atomic E-state index is 13.0. The second-order valence-corrected chi connectivity index (χ2v) is 10.6. The van der Waals surface area contributed by atoms with Crippen LogP contribution >= 0.6 is 11.3 Å². The molecule has 0 bridgehead atoms. The van der Waals surface area contributed by atoms with Gasteiger partial charge in [0.05, 0.1) is 11.4 Å². The first-order valence-electron chi connectivity index (χ1n) is 9.39. The molecule has 6 nitrogen and oxygen atoms in total. The highest BCUT2D eigenvalue weighted by atomic mass is 32.2. The number of aryl methyl sites for hydroxylation is 2. The van der Waals surface area contributed by atoms with Gasteiger partial charge in [-0.15, -0.1) is 11.3 Å². The van der Waals surface area contributed by atoms with Crippen molar-refractivity contribution < 1.29 is 13.2 Å². The predicted octanol–water partition coefficient (Wildman–Crippen LogP) is 3.20. The molecule has 2 aliphatic heterocycles. The largest absolute Gasteiger partial charge is 0.485 e. The zero-order valence-corrected chi connectivity index (χ0v) is 17.4. The van der Waals surface area contributed by atoms with Gasteiger partial charge >= 0.3 is 0 Å². The average molecular weight is 408 g/mol. The average Bonchev–Trinajstić information content (AvgIpc) is 3.37. The van der Waals surface area contributed by atoms with Crippen molar-refractivity contribution in [3.05, 3.63) is 34.2 Å². The number of sulfonamides is 1. The first-order chi connectivity index (χ1) is 12.9. The van der Waals surface area contributed by atoms with E-state index >= 15 is 0 Å². The van der Waals surface area contributed by atoms with Crippen LogP contribution in [0.3, 0.4) is 0 Å². The molecule has 2 fully saturated rings. The molecule has 1 atom stereocenters. The summed E-state index contributed by atoms with van der Waals surface area (Å²) in [6.45, 7) is 6.66. The SMILES string of the molecule is Cc1cc(S(=O)(=O)N2CC[C@H](Oc3cccnc3N3CCCC3)C2)c(C)s1. The summed E-state index contributed by atoms with van der Waals surface area (Å²) in [4.78, 5) is 9.05. The summed E-state index contributed by atoms with van der Waals surface area (Å²) < 4.78 is 33.8. The van der Waals surface area contributed by atoms with E-state index in [1.807, 2.05) is 26.0 Å². The Hall–Kier alpha value is -1.64. The Balaban J connectivity index is 1.49. The van der Waals surface area contributed by atoms with Crippen LogP contribution in [0.5, 0.6) is 5.75 Å². The number of rotatable bonds is 5. The van der Waals surface area contributed by atoms with Gasteiger partial charge < -0.3 is 9.64 Å². The van der Waals surface area contributed by atoms with Crippen LogP contribution in [-0.2, 0) is 10.0 Å². The molecule has 27 heavy (non-hydrogen) atoms. The first kappa shape index (κ1) is 18.7. The summed E-state index contributed by atoms with van der Waals surface area (Å²) in [5.74, 6) is 1.63. The summed E-state index contributed by atoms with van der Waals surface area (Å²) in [7, 11) is -3.46. The first-order valence-corrected chi connectivity index (χ1v) is 11.6. The maximum Gasteiger partial charge on any atom is 0.244 e. The second-order valence-electron chi connectivity index (χ2n) is 7.19. The van der Waals surface area contributed by atoms with Crippen molar-refractivity contribution in [1.82, 2.24) is 9.29 Å². The summed E-state index contributed by atoms with van der Waals surface area (Å²) in [6, 6.07) is 5.58. The van der Waals surface area contributed by atoms with Gasteiger partial charge in [-0.2, -0.15) is 4.31 Å². The van der Waals surface area contributed by atoms with Gasteiger partial charge in [0.25, 0.3) is 0 Å². The molecule has 0 aliphatic carbocycles. The molecule has 0 spiro atoms. The lowest BCUT2D eigenvalue weighted by Crippen LogP contribution is -2.31. The van der Waals surface area contributed by atoms with Gasteiger partial charge in [0, 0.05) is 35.6 Å². The Bertz CT molecular complexity index is 920. The minimum atomic E-state index is -3.46. The second kappa shape index (κ2) is 7.41. The van der Waals surface area contributed by atoms with Crippen molar-refractivity contribution in [2.75, 3.05) is 31.1 Å². The van der Waals surface area contributed by atoms with E-state index in [0.29, 0.717) is 24.4 Å². The molecular weight excluding hydrogens is 382 g/mol. The number of hydrogen-bond acceptors (Lipinski definition) is 6. The summed E-state index contributed by atoms with van der Waals surface area (Å²) in [6.07, 6.45) is 4.67. The van der Waals surface area contributed by atoms with Crippen LogP contribution in [0.25, 0.3) is 0 Å². The normalized spacial score (nSPS) is 21.1. The maximum absolute atomic E-state index is 13.0. The van der Waals surface area contributed by atoms with Crippen LogP contribution in [0.4, 0.5) is 5.82 Å². The number of nitrogens with zero attached hydrogens (tertiary/aromatic N) is 3. The minimum Gasteiger partial charge on any atom is -0.485 e. The van der Waals surface area contributed by atoms with E-state index in [0.717, 1.165) is 34.4 Å². The quantitative estimate of drug-likeness (QED) is 0.762. The number of hydrogen-bond donors (Lipinski definition) is 0. The van der Waals surface area contributed by atoms with Gasteiger partial charge in [-0.25, -0.2) is 13.4 Å². The number of anilines is 1. The van der Waals surface area contributed by atoms with Crippen molar-refractivity contribution >= 4 is 27.2 Å². The van der Waals surface area contributed by atoms with Crippen molar-refractivity contribution in [2.24, 2.45) is 0 Å². The van der Waals surface area contributed by atoms with Crippen molar-refractivity contribution in [2.45, 2.75) is 44.1 Å². The van der Waals surface area contributed by atoms with Crippen LogP contribution in [0.2, 0.25) is 0 Å². The fourth-order valence-electron chi connectivity index (χ4n) is 3.84. The zero-order valence-electron chi connectivity index (χ0n) is 15.7. The lowest BCUT2D eigenvalue weighted by Gasteiger charge is -2.22. The minimum absolute atomic E-state index is 0.148. The Labute approximate surface area is 164 Å². The highest BCUT2D eigenvalue weighted by Crippen LogP contribution is 2.33. The van der Waals surface area contributed by atoms with Gasteiger partial charge in [0.2, 0.25) is 10.0 Å². The molecular formula is C19H25N3O3S2. The molecule has 4 rings (SSSR count). The van der Waals surface area contributed by atoms with Crippen LogP contribution in [-0.4, -0.2) is 50.0 Å². The highest BCUT2D eigenvalue weighted by molar-refractivity contribution is 7.89. The fourth-order valence-corrected chi connectivity index (χ4v) is 6.85. The van der Waals surface area contributed by atoms with E-state index in [1.165, 1.54) is 24.2 Å². The van der Waals surface area contributed by atoms with E-state index in [4.69, 9.17) is 4.74 Å². The Morgan fingerprint density at radius 1 is 1.22 bits per heavy atom. The number of thiophene rings is 1. The lowest BCUT2D eigenvalue weighted by molar-refractivity contribution is 0.215. The molecule has 0 saturated carbocycles. The van der Waals surface area contributed by atoms with Gasteiger partial charge in [-0.3, -0.25) is 0 Å². The standard InChI is InChI=1S/C19H25N3O3S2/c1-14-12-18(15(2)26-14)27(23,24)22-11-7-16(13-22)25-17-6-5-8-20-19(17)21-9-3-4-10-21/h5-6,8,12,16H,3-4,7,9-11,13H2,1-2H3/t16-/m0/s1. The van der Waals surface area contributed by atoms with E-state index < -0.39 is 10.0 Å². The Morgan fingerprint density at radius 2 is 2.00 bits per heavy atom. The summed E-state index contributed by atoms with van der Waals surface area (Å²) in [5.41, 5.74) is 0. The Morgan fingerprint density at radius 3 is 2.70 bits per heavy atom. The van der Waals surface area contributed by atoms with Gasteiger partial charge in [0.15, 0.2) is 11.6 Å². The number of ether oxygens (including phenoxy) is 1. The number of pyridine rings is 1. The molecule has 2 aromatic rings. The lowest BCUT2D eigenvalue weighted by atomic mass is 10.3. The Kier molecular flexibility index (Phi) is 5.13. The monoisotopic (exact) mass is 407 g/mol. The smallest absolute Gasteiger partial charge is 0.244 e. The van der Waals surface area contributed by atoms with Gasteiger partial charge in [0.1, 0.15) is 6.10 Å². The predicted molar refractivity (Wildman–Crippen MR) is 107 cm³/mol. The molecule has 0 amide bonds. The van der Waals surface area contributed by atoms with E-state index in [9.17, 15) is 8.42 Å². The van der Waals surface area contributed by atoms with Gasteiger partial charge in [-0.1, -0.05) is 0 Å². The van der Waals surface area contributed by atoms with Crippen LogP contribution in [0, 0.1) is 13.8 Å². The third kappa shape index (κ3) is 3.70. The fraction of sp³-hybridized carbons (Fsp3) is 0.526. The van der Waals surface area contributed by atoms with Crippen molar-refractivity contribution in [3.63, 3.8) is 0 Å². The molecule has 2 aromatic heterocycles. The van der Waals surface area contributed by atoms with Crippen molar-refractivity contribution in [1.29, 1.82) is 0 Å². The molecule has 2 aliphatic rings. The van der Waals surface area contributed by atoms with E-state index in [-0.39, 0.29) is 6.10 Å². The molecule has 0 unspecified atom stereocenters. The molecule has 2 saturated heterocycles. The highest BCUT2D eigenvalue weighted by Gasteiger charge is 2.35. The third-order valence-electron chi connectivity index (χ3n) is 5.17. The molecule has 146 valence electrons. The third-order valence-corrected chi connectivity index (χ3v) is 8.26. The van der Waals surface area contributed by atoms with E-state index in [1.54, 1.807) is 16.6 Å². The molecule has 0 aromatic carbocycles. The van der Waals surface area contributed by atoms with Gasteiger partial charge in [-0.05, 0) is 51.3 Å². The topological polar surface area (TPSA) is 62.7 Å². The van der Waals surface area contributed by atoms with Crippen LogP contribution < -0.4 is 9.64 Å². The number of aromatic nitrogens is 1. The van der Waals surface area contributed by atoms with E-state index in [2.05, 4.69) is 9.88 Å². The van der Waals surface area contributed by atoms with Crippen LogP contribution in [0.1, 0.15) is 29.0 Å². The summed E-state index contributed by atoms with van der Waals surface area (Å²) in [5, 5.41) is 0. The molecule has 4 heterocycles. The molecule has 0 N–H and O–H groups in total.